The van der Waals surface area contributed by atoms with Crippen molar-refractivity contribution >= 4 is 27.8 Å². The maximum atomic E-state index is 12.3. The van der Waals surface area contributed by atoms with Crippen molar-refractivity contribution in [2.75, 3.05) is 31.3 Å². The number of anilines is 1. The van der Waals surface area contributed by atoms with Crippen molar-refractivity contribution in [1.82, 2.24) is 5.43 Å². The van der Waals surface area contributed by atoms with E-state index >= 15 is 0 Å². The van der Waals surface area contributed by atoms with Gasteiger partial charge in [-0.3, -0.25) is 9.10 Å². The molecule has 156 valence electrons. The Kier molecular flexibility index (Phi) is 7.60. The summed E-state index contributed by atoms with van der Waals surface area (Å²) in [4.78, 5) is 12.3. The van der Waals surface area contributed by atoms with Crippen molar-refractivity contribution in [1.29, 1.82) is 0 Å². The van der Waals surface area contributed by atoms with E-state index in [0.29, 0.717) is 22.7 Å². The third-order valence-corrected chi connectivity index (χ3v) is 5.29. The molecule has 0 bridgehead atoms. The fourth-order valence-corrected chi connectivity index (χ4v) is 3.43. The number of methoxy groups -OCH3 is 2. The number of hydrogen-bond acceptors (Lipinski definition) is 6. The van der Waals surface area contributed by atoms with E-state index in [9.17, 15) is 13.2 Å². The van der Waals surface area contributed by atoms with Crippen LogP contribution in [0.15, 0.2) is 47.6 Å². The number of carbonyl (C=O) groups is 1. The van der Waals surface area contributed by atoms with Gasteiger partial charge in [0.2, 0.25) is 10.0 Å². The van der Waals surface area contributed by atoms with Gasteiger partial charge in [-0.05, 0) is 42.3 Å². The molecule has 2 aromatic carbocycles. The SMILES string of the molecule is CCc1ccc(N(CC(=O)N/N=C\c2cc(OC)ccc2OC)S(C)(=O)=O)cc1. The second-order valence-electron chi connectivity index (χ2n) is 6.19. The van der Waals surface area contributed by atoms with Crippen LogP contribution in [0.5, 0.6) is 11.5 Å². The van der Waals surface area contributed by atoms with Gasteiger partial charge in [0.05, 0.1) is 32.4 Å². The van der Waals surface area contributed by atoms with Crippen LogP contribution in [-0.2, 0) is 21.2 Å². The maximum absolute atomic E-state index is 12.3. The Balaban J connectivity index is 2.12. The van der Waals surface area contributed by atoms with Gasteiger partial charge in [0.1, 0.15) is 18.0 Å². The molecule has 0 aliphatic carbocycles. The van der Waals surface area contributed by atoms with Gasteiger partial charge in [0, 0.05) is 5.56 Å². The summed E-state index contributed by atoms with van der Waals surface area (Å²) in [5.74, 6) is 0.586. The molecular formula is C20H25N3O5S. The lowest BCUT2D eigenvalue weighted by molar-refractivity contribution is -0.119. The largest absolute Gasteiger partial charge is 0.497 e. The van der Waals surface area contributed by atoms with Crippen LogP contribution in [0.4, 0.5) is 5.69 Å². The predicted molar refractivity (Wildman–Crippen MR) is 113 cm³/mol. The van der Waals surface area contributed by atoms with Crippen LogP contribution < -0.4 is 19.2 Å². The molecule has 0 aromatic heterocycles. The first-order valence-electron chi connectivity index (χ1n) is 8.89. The Morgan fingerprint density at radius 2 is 1.83 bits per heavy atom. The molecule has 1 amide bonds. The number of nitrogens with one attached hydrogen (secondary N) is 1. The fraction of sp³-hybridized carbons (Fsp3) is 0.300. The summed E-state index contributed by atoms with van der Waals surface area (Å²) < 4.78 is 35.7. The Morgan fingerprint density at radius 1 is 1.14 bits per heavy atom. The molecule has 1 N–H and O–H groups in total. The second kappa shape index (κ2) is 9.92. The quantitative estimate of drug-likeness (QED) is 0.496. The lowest BCUT2D eigenvalue weighted by Gasteiger charge is -2.21. The molecule has 0 fully saturated rings. The molecule has 0 spiro atoms. The summed E-state index contributed by atoms with van der Waals surface area (Å²) in [5, 5.41) is 3.90. The molecule has 0 aliphatic rings. The van der Waals surface area contributed by atoms with Crippen LogP contribution in [-0.4, -0.2) is 47.6 Å². The van der Waals surface area contributed by atoms with Crippen molar-refractivity contribution in [2.45, 2.75) is 13.3 Å². The molecule has 2 rings (SSSR count). The van der Waals surface area contributed by atoms with Gasteiger partial charge in [-0.2, -0.15) is 5.10 Å². The van der Waals surface area contributed by atoms with Crippen LogP contribution in [0.2, 0.25) is 0 Å². The number of aryl methyl sites for hydroxylation is 1. The van der Waals surface area contributed by atoms with Gasteiger partial charge < -0.3 is 9.47 Å². The van der Waals surface area contributed by atoms with Crippen LogP contribution in [0.3, 0.4) is 0 Å². The number of nitrogens with zero attached hydrogens (tertiary/aromatic N) is 2. The summed E-state index contributed by atoms with van der Waals surface area (Å²) in [5.41, 5.74) is 4.43. The smallest absolute Gasteiger partial charge is 0.260 e. The van der Waals surface area contributed by atoms with Gasteiger partial charge >= 0.3 is 0 Å². The zero-order valence-electron chi connectivity index (χ0n) is 16.9. The number of hydrazone groups is 1. The number of sulfonamides is 1. The number of amides is 1. The Hall–Kier alpha value is -3.07. The average Bonchev–Trinajstić information content (AvgIpc) is 2.71. The second-order valence-corrected chi connectivity index (χ2v) is 8.10. The molecule has 2 aromatic rings. The molecule has 29 heavy (non-hydrogen) atoms. The first-order valence-corrected chi connectivity index (χ1v) is 10.7. The molecule has 8 nitrogen and oxygen atoms in total. The topological polar surface area (TPSA) is 97.3 Å². The summed E-state index contributed by atoms with van der Waals surface area (Å²) in [7, 11) is -0.587. The molecule has 0 saturated carbocycles. The van der Waals surface area contributed by atoms with E-state index in [4.69, 9.17) is 9.47 Å². The van der Waals surface area contributed by atoms with Crippen molar-refractivity contribution < 1.29 is 22.7 Å². The average molecular weight is 420 g/mol. The lowest BCUT2D eigenvalue weighted by atomic mass is 10.1. The van der Waals surface area contributed by atoms with Gasteiger partial charge in [-0.1, -0.05) is 19.1 Å². The summed E-state index contributed by atoms with van der Waals surface area (Å²) in [6.45, 7) is 1.61. The molecule has 0 unspecified atom stereocenters. The maximum Gasteiger partial charge on any atom is 0.260 e. The Labute approximate surface area is 171 Å². The van der Waals surface area contributed by atoms with Gasteiger partial charge in [0.15, 0.2) is 0 Å². The van der Waals surface area contributed by atoms with E-state index in [2.05, 4.69) is 10.5 Å². The van der Waals surface area contributed by atoms with Crippen LogP contribution >= 0.6 is 0 Å². The van der Waals surface area contributed by atoms with Gasteiger partial charge in [0.25, 0.3) is 5.91 Å². The number of rotatable bonds is 9. The van der Waals surface area contributed by atoms with Gasteiger partial charge in [-0.15, -0.1) is 0 Å². The zero-order chi connectivity index (χ0) is 21.4. The predicted octanol–water partition coefficient (Wildman–Crippen LogP) is 2.18. The number of hydrogen-bond donors (Lipinski definition) is 1. The van der Waals surface area contributed by atoms with E-state index in [1.165, 1.54) is 20.4 Å². The fourth-order valence-electron chi connectivity index (χ4n) is 2.58. The summed E-state index contributed by atoms with van der Waals surface area (Å²) >= 11 is 0. The van der Waals surface area contributed by atoms with Crippen molar-refractivity contribution in [3.8, 4) is 11.5 Å². The summed E-state index contributed by atoms with van der Waals surface area (Å²) in [6.07, 6.45) is 3.29. The van der Waals surface area contributed by atoms with E-state index < -0.39 is 22.5 Å². The highest BCUT2D eigenvalue weighted by molar-refractivity contribution is 7.92. The van der Waals surface area contributed by atoms with Crippen LogP contribution in [0.1, 0.15) is 18.1 Å². The van der Waals surface area contributed by atoms with Crippen molar-refractivity contribution in [3.63, 3.8) is 0 Å². The molecule has 0 atom stereocenters. The number of ether oxygens (including phenoxy) is 2. The van der Waals surface area contributed by atoms with E-state index in [-0.39, 0.29) is 0 Å². The molecule has 0 saturated heterocycles. The molecule has 0 aliphatic heterocycles. The number of benzene rings is 2. The summed E-state index contributed by atoms with van der Waals surface area (Å²) in [6, 6.07) is 12.2. The van der Waals surface area contributed by atoms with Crippen molar-refractivity contribution in [2.24, 2.45) is 5.10 Å². The molecule has 0 heterocycles. The highest BCUT2D eigenvalue weighted by Gasteiger charge is 2.20. The van der Waals surface area contributed by atoms with E-state index in [1.54, 1.807) is 30.3 Å². The minimum Gasteiger partial charge on any atom is -0.497 e. The molecule has 9 heteroatoms. The first-order chi connectivity index (χ1) is 13.8. The Bertz CT molecular complexity index is 972. The normalized spacial score (nSPS) is 11.3. The first kappa shape index (κ1) is 22.2. The van der Waals surface area contributed by atoms with E-state index in [0.717, 1.165) is 22.5 Å². The minimum absolute atomic E-state index is 0.392. The Morgan fingerprint density at radius 3 is 2.38 bits per heavy atom. The van der Waals surface area contributed by atoms with Gasteiger partial charge in [-0.25, -0.2) is 13.8 Å². The van der Waals surface area contributed by atoms with Crippen molar-refractivity contribution in [3.05, 3.63) is 53.6 Å². The standard InChI is InChI=1S/C20H25N3O5S/c1-5-15-6-8-17(9-7-15)23(29(4,25)26)14-20(24)22-21-13-16-12-18(27-2)10-11-19(16)28-3/h6-13H,5,14H2,1-4H3,(H,22,24)/b21-13-. The number of carbonyl (C=O) groups excluding carboxylic acids is 1. The van der Waals surface area contributed by atoms with Crippen LogP contribution in [0, 0.1) is 0 Å². The monoisotopic (exact) mass is 419 g/mol. The third kappa shape index (κ3) is 6.21. The van der Waals surface area contributed by atoms with Crippen LogP contribution in [0.25, 0.3) is 0 Å². The third-order valence-electron chi connectivity index (χ3n) is 4.15. The highest BCUT2D eigenvalue weighted by Crippen LogP contribution is 2.22. The van der Waals surface area contributed by atoms with E-state index in [1.807, 2.05) is 19.1 Å². The minimum atomic E-state index is -3.65. The molecular weight excluding hydrogens is 394 g/mol. The highest BCUT2D eigenvalue weighted by atomic mass is 32.2. The zero-order valence-corrected chi connectivity index (χ0v) is 17.7. The lowest BCUT2D eigenvalue weighted by Crippen LogP contribution is -2.39. The molecule has 0 radical (unpaired) electrons.